The van der Waals surface area contributed by atoms with Crippen LogP contribution in [0, 0.1) is 0 Å². The fourth-order valence-corrected chi connectivity index (χ4v) is 0.773. The maximum absolute atomic E-state index is 10.2. The Kier molecular flexibility index (Phi) is 8.44. The first-order valence-corrected chi connectivity index (χ1v) is 4.36. The Morgan fingerprint density at radius 3 is 2.30 bits per heavy atom. The number of rotatable bonds is 3. The molecule has 0 spiro atoms. The molecule has 2 N–H and O–H groups in total. The molecule has 0 heterocycles. The largest absolute Gasteiger partial charge is 0.230 e. The molecule has 10 heavy (non-hydrogen) atoms. The van der Waals surface area contributed by atoms with Crippen molar-refractivity contribution in [1.29, 1.82) is 0 Å². The molecule has 0 saturated heterocycles. The fraction of sp³-hybridized carbons (Fsp3) is 0.600. The maximum atomic E-state index is 10.2. The summed E-state index contributed by atoms with van der Waals surface area (Å²) in [6.07, 6.45) is 3.25. The predicted octanol–water partition coefficient (Wildman–Crippen LogP) is 0.208. The van der Waals surface area contributed by atoms with Crippen LogP contribution in [0.1, 0.15) is 19.8 Å². The summed E-state index contributed by atoms with van der Waals surface area (Å²) in [4.78, 5) is 0. The van der Waals surface area contributed by atoms with Crippen LogP contribution in [-0.4, -0.2) is 38.0 Å². The molecular weight excluding hydrogens is 161 g/mol. The molecular formula is C5H11NNaO2S. The number of allylic oxidation sites excluding steroid dienone is 1. The molecule has 0 aliphatic carbocycles. The summed E-state index contributed by atoms with van der Waals surface area (Å²) in [6, 6.07) is 0. The van der Waals surface area contributed by atoms with Gasteiger partial charge < -0.3 is 0 Å². The van der Waals surface area contributed by atoms with Crippen LogP contribution in [0.4, 0.5) is 0 Å². The zero-order valence-corrected chi connectivity index (χ0v) is 9.19. The molecule has 0 saturated carbocycles. The van der Waals surface area contributed by atoms with E-state index in [-0.39, 0.29) is 29.6 Å². The van der Waals surface area contributed by atoms with Gasteiger partial charge in [0.25, 0.3) is 0 Å². The van der Waals surface area contributed by atoms with E-state index in [2.05, 4.69) is 5.14 Å². The van der Waals surface area contributed by atoms with E-state index in [1.165, 1.54) is 0 Å². The Morgan fingerprint density at radius 2 is 2.00 bits per heavy atom. The molecule has 0 aliphatic rings. The maximum Gasteiger partial charge on any atom is 0.230 e. The van der Waals surface area contributed by atoms with Gasteiger partial charge in [0.2, 0.25) is 10.0 Å². The standard InChI is InChI=1S/C5H11NO2S.Na/c1-2-3-4-5-9(6,7)8;/h4-5H,2-3H2,1H3,(H2,6,7,8);. The molecule has 0 aromatic heterocycles. The van der Waals surface area contributed by atoms with Crippen molar-refractivity contribution in [2.45, 2.75) is 19.8 Å². The second-order valence-corrected chi connectivity index (χ2v) is 3.20. The topological polar surface area (TPSA) is 60.2 Å². The quantitative estimate of drug-likeness (QED) is 0.618. The second kappa shape index (κ2) is 6.37. The molecule has 55 valence electrons. The Labute approximate surface area is 84.0 Å². The number of primary sulfonamides is 1. The van der Waals surface area contributed by atoms with Gasteiger partial charge in [-0.05, 0) is 6.42 Å². The van der Waals surface area contributed by atoms with Gasteiger partial charge in [-0.1, -0.05) is 19.4 Å². The van der Waals surface area contributed by atoms with E-state index in [0.717, 1.165) is 18.2 Å². The third kappa shape index (κ3) is 11.4. The van der Waals surface area contributed by atoms with E-state index in [9.17, 15) is 8.42 Å². The van der Waals surface area contributed by atoms with Crippen molar-refractivity contribution < 1.29 is 8.42 Å². The summed E-state index contributed by atoms with van der Waals surface area (Å²) in [5.74, 6) is 0. The second-order valence-electron chi connectivity index (χ2n) is 1.75. The summed E-state index contributed by atoms with van der Waals surface area (Å²) >= 11 is 0. The molecule has 0 amide bonds. The van der Waals surface area contributed by atoms with Crippen molar-refractivity contribution in [3.8, 4) is 0 Å². The van der Waals surface area contributed by atoms with Gasteiger partial charge in [-0.25, -0.2) is 13.6 Å². The minimum absolute atomic E-state index is 0. The zero-order valence-electron chi connectivity index (χ0n) is 6.37. The van der Waals surface area contributed by atoms with E-state index in [4.69, 9.17) is 0 Å². The van der Waals surface area contributed by atoms with Crippen LogP contribution in [0.2, 0.25) is 0 Å². The summed E-state index contributed by atoms with van der Waals surface area (Å²) in [5, 5.41) is 5.69. The van der Waals surface area contributed by atoms with Crippen LogP contribution in [0.15, 0.2) is 11.5 Å². The minimum atomic E-state index is -3.38. The first-order valence-electron chi connectivity index (χ1n) is 2.75. The molecule has 0 fully saturated rings. The van der Waals surface area contributed by atoms with Gasteiger partial charge in [0.15, 0.2) is 0 Å². The number of unbranched alkanes of at least 4 members (excludes halogenated alkanes) is 1. The number of sulfonamides is 1. The Morgan fingerprint density at radius 1 is 1.50 bits per heavy atom. The fourth-order valence-electron chi connectivity index (χ4n) is 0.369. The van der Waals surface area contributed by atoms with Gasteiger partial charge in [-0.3, -0.25) is 0 Å². The zero-order chi connectivity index (χ0) is 7.33. The van der Waals surface area contributed by atoms with Gasteiger partial charge in [-0.2, -0.15) is 0 Å². The monoisotopic (exact) mass is 172 g/mol. The van der Waals surface area contributed by atoms with Crippen LogP contribution in [0.5, 0.6) is 0 Å². The van der Waals surface area contributed by atoms with Crippen LogP contribution < -0.4 is 5.14 Å². The van der Waals surface area contributed by atoms with Gasteiger partial charge in [0.05, 0.1) is 0 Å². The van der Waals surface area contributed by atoms with Crippen LogP contribution >= 0.6 is 0 Å². The van der Waals surface area contributed by atoms with Gasteiger partial charge in [-0.15, -0.1) is 0 Å². The minimum Gasteiger partial charge on any atom is -0.225 e. The van der Waals surface area contributed by atoms with Crippen molar-refractivity contribution in [3.05, 3.63) is 11.5 Å². The predicted molar refractivity (Wildman–Crippen MR) is 42.9 cm³/mol. The van der Waals surface area contributed by atoms with Gasteiger partial charge in [0, 0.05) is 35.0 Å². The van der Waals surface area contributed by atoms with Crippen LogP contribution in [0.3, 0.4) is 0 Å². The molecule has 0 aromatic carbocycles. The molecule has 0 bridgehead atoms. The smallest absolute Gasteiger partial charge is 0.225 e. The van der Waals surface area contributed by atoms with Crippen LogP contribution in [0.25, 0.3) is 0 Å². The molecule has 0 unspecified atom stereocenters. The van der Waals surface area contributed by atoms with E-state index in [0.29, 0.717) is 0 Å². The Hall–Kier alpha value is 0.650. The van der Waals surface area contributed by atoms with Gasteiger partial charge >= 0.3 is 0 Å². The number of hydrogen-bond acceptors (Lipinski definition) is 2. The van der Waals surface area contributed by atoms with Crippen molar-refractivity contribution in [2.75, 3.05) is 0 Å². The average molecular weight is 172 g/mol. The Balaban J connectivity index is 0. The van der Waals surface area contributed by atoms with E-state index in [1.54, 1.807) is 6.08 Å². The Bertz CT molecular complexity index is 186. The molecule has 0 rings (SSSR count). The molecule has 5 heteroatoms. The average Bonchev–Trinajstić information content (AvgIpc) is 1.63. The summed E-state index contributed by atoms with van der Waals surface area (Å²) in [7, 11) is -3.38. The van der Waals surface area contributed by atoms with E-state index < -0.39 is 10.0 Å². The van der Waals surface area contributed by atoms with Crippen molar-refractivity contribution in [3.63, 3.8) is 0 Å². The third-order valence-corrected chi connectivity index (χ3v) is 1.31. The summed E-state index contributed by atoms with van der Waals surface area (Å²) < 4.78 is 20.4. The first-order chi connectivity index (χ1) is 4.06. The first kappa shape index (κ1) is 13.3. The SMILES string of the molecule is CCCC=CS(N)(=O)=O.[Na]. The molecule has 0 aromatic rings. The molecule has 1 radical (unpaired) electrons. The van der Waals surface area contributed by atoms with E-state index >= 15 is 0 Å². The molecule has 3 nitrogen and oxygen atoms in total. The number of hydrogen-bond donors (Lipinski definition) is 1. The van der Waals surface area contributed by atoms with Crippen molar-refractivity contribution >= 4 is 39.6 Å². The van der Waals surface area contributed by atoms with Crippen LogP contribution in [-0.2, 0) is 10.0 Å². The molecule has 0 aliphatic heterocycles. The summed E-state index contributed by atoms with van der Waals surface area (Å²) in [5.41, 5.74) is 0. The summed E-state index contributed by atoms with van der Waals surface area (Å²) in [6.45, 7) is 1.97. The normalized spacial score (nSPS) is 11.4. The van der Waals surface area contributed by atoms with Crippen molar-refractivity contribution in [1.82, 2.24) is 0 Å². The van der Waals surface area contributed by atoms with Gasteiger partial charge in [0.1, 0.15) is 0 Å². The number of nitrogens with two attached hydrogens (primary N) is 1. The van der Waals surface area contributed by atoms with Crippen molar-refractivity contribution in [2.24, 2.45) is 5.14 Å². The van der Waals surface area contributed by atoms with E-state index in [1.807, 2.05) is 6.92 Å². The third-order valence-electron chi connectivity index (χ3n) is 0.741. The molecule has 0 atom stereocenters.